The summed E-state index contributed by atoms with van der Waals surface area (Å²) in [6.45, 7) is 7.97. The number of rotatable bonds is 56. The van der Waals surface area contributed by atoms with Gasteiger partial charge in [-0.05, 0) is 25.7 Å². The maximum atomic E-state index is 12.6. The van der Waals surface area contributed by atoms with Crippen LogP contribution in [0.3, 0.4) is 0 Å². The molecule has 2 amide bonds. The third-order valence-electron chi connectivity index (χ3n) is 13.8. The average Bonchev–Trinajstić information content (AvgIpc) is 3.39. The molecule has 0 radical (unpaired) electrons. The molecule has 1 aliphatic rings. The summed E-state index contributed by atoms with van der Waals surface area (Å²) in [5, 5.41) is 44.6. The summed E-state index contributed by atoms with van der Waals surface area (Å²) >= 11 is 0. The molecule has 6 atom stereocenters. The molecule has 0 saturated carbocycles. The van der Waals surface area contributed by atoms with Gasteiger partial charge in [0.25, 0.3) is 0 Å². The maximum Gasteiger partial charge on any atom is 0.407 e. The molecule has 0 spiro atoms. The van der Waals surface area contributed by atoms with Crippen LogP contribution in [0.1, 0.15) is 245 Å². The van der Waals surface area contributed by atoms with Crippen LogP contribution in [-0.4, -0.2) is 148 Å². The summed E-state index contributed by atoms with van der Waals surface area (Å²) in [5.74, 6) is -0.0554. The van der Waals surface area contributed by atoms with Crippen molar-refractivity contribution in [3.63, 3.8) is 0 Å². The molecule has 1 aliphatic heterocycles. The Labute approximate surface area is 445 Å². The van der Waals surface area contributed by atoms with Crippen LogP contribution in [0, 0.1) is 0 Å². The number of unbranched alkanes of at least 4 members (excludes halogenated alkanes) is 32. The molecule has 0 aliphatic carbocycles. The number of alkyl carbamates (subject to hydrolysis) is 1. The fraction of sp³-hybridized carbons (Fsp3) is 0.966. The normalized spacial score (nSPS) is 18.3. The Balaban J connectivity index is 2.16. The monoisotopic (exact) mass is 1050 g/mol. The van der Waals surface area contributed by atoms with E-state index in [1.54, 1.807) is 0 Å². The second-order valence-electron chi connectivity index (χ2n) is 20.7. The fourth-order valence-electron chi connectivity index (χ4n) is 9.11. The molecule has 1 fully saturated rings. The first-order valence-corrected chi connectivity index (χ1v) is 30.3. The summed E-state index contributed by atoms with van der Waals surface area (Å²) < 4.78 is 39.4. The second kappa shape index (κ2) is 53.7. The van der Waals surface area contributed by atoms with Crippen LogP contribution in [0.2, 0.25) is 0 Å². The molecule has 1 heterocycles. The molecular weight excluding hydrogens is 933 g/mol. The van der Waals surface area contributed by atoms with Gasteiger partial charge in [-0.2, -0.15) is 0 Å². The number of ether oxygens (including phenoxy) is 7. The van der Waals surface area contributed by atoms with E-state index in [0.29, 0.717) is 59.0 Å². The van der Waals surface area contributed by atoms with E-state index in [1.165, 1.54) is 186 Å². The highest BCUT2D eigenvalue weighted by Crippen LogP contribution is 2.22. The molecule has 434 valence electrons. The zero-order valence-electron chi connectivity index (χ0n) is 46.9. The van der Waals surface area contributed by atoms with Gasteiger partial charge in [-0.3, -0.25) is 4.79 Å². The molecular formula is C58H114N2O13. The van der Waals surface area contributed by atoms with Gasteiger partial charge >= 0.3 is 6.09 Å². The van der Waals surface area contributed by atoms with E-state index in [9.17, 15) is 30.0 Å². The van der Waals surface area contributed by atoms with Gasteiger partial charge in [0.2, 0.25) is 5.91 Å². The largest absolute Gasteiger partial charge is 0.447 e. The predicted octanol–water partition coefficient (Wildman–Crippen LogP) is 11.2. The standard InChI is InChI=1S/C58H114N2O13/c1-3-5-7-9-11-13-15-17-19-21-23-25-27-29-31-36-41-69-49-51(70-42-37-32-30-28-26-24-22-20-18-16-14-12-10-8-6-4-2)50-72-58(66)60-39-35-33-34-38-53(62)59-40-43-67-44-45-68-46-47-71-57-56(65)55(64)54(63)52(48-61)73-57/h51-52,54-57,61,63-65H,3-50H2,1-2H3,(H,59,62)(H,60,66)/t51-,52?,54+,55-,56?,57-/m0/s1. The molecule has 1 rings (SSSR count). The van der Waals surface area contributed by atoms with E-state index in [1.807, 2.05) is 0 Å². The maximum absolute atomic E-state index is 12.6. The third-order valence-corrected chi connectivity index (χ3v) is 13.8. The Hall–Kier alpha value is -1.66. The Bertz CT molecular complexity index is 1170. The van der Waals surface area contributed by atoms with E-state index in [-0.39, 0.29) is 38.4 Å². The highest BCUT2D eigenvalue weighted by Gasteiger charge is 2.44. The molecule has 0 bridgehead atoms. The quantitative estimate of drug-likeness (QED) is 0.0314. The number of hydrogen-bond donors (Lipinski definition) is 6. The second-order valence-corrected chi connectivity index (χ2v) is 20.7. The first-order valence-electron chi connectivity index (χ1n) is 30.3. The minimum Gasteiger partial charge on any atom is -0.447 e. The minimum absolute atomic E-state index is 0.0554. The Kier molecular flexibility index (Phi) is 51.0. The molecule has 15 heteroatoms. The summed E-state index contributed by atoms with van der Waals surface area (Å²) in [5.41, 5.74) is 0. The van der Waals surface area contributed by atoms with E-state index in [4.69, 9.17) is 33.2 Å². The smallest absolute Gasteiger partial charge is 0.407 e. The lowest BCUT2D eigenvalue weighted by atomic mass is 9.99. The number of hydrogen-bond acceptors (Lipinski definition) is 13. The third kappa shape index (κ3) is 44.1. The molecule has 15 nitrogen and oxygen atoms in total. The van der Waals surface area contributed by atoms with Crippen molar-refractivity contribution in [2.45, 2.75) is 282 Å². The van der Waals surface area contributed by atoms with Crippen molar-refractivity contribution in [3.05, 3.63) is 0 Å². The van der Waals surface area contributed by atoms with Gasteiger partial charge < -0.3 is 64.2 Å². The zero-order chi connectivity index (χ0) is 52.9. The van der Waals surface area contributed by atoms with Crippen LogP contribution < -0.4 is 10.6 Å². The van der Waals surface area contributed by atoms with Crippen molar-refractivity contribution in [1.29, 1.82) is 0 Å². The Morgan fingerprint density at radius 3 is 1.41 bits per heavy atom. The fourth-order valence-corrected chi connectivity index (χ4v) is 9.11. The number of carbonyl (C=O) groups is 2. The summed E-state index contributed by atoms with van der Waals surface area (Å²) in [4.78, 5) is 24.8. The number of amides is 2. The van der Waals surface area contributed by atoms with Crippen LogP contribution in [0.25, 0.3) is 0 Å². The Morgan fingerprint density at radius 1 is 0.452 bits per heavy atom. The number of aliphatic hydroxyl groups excluding tert-OH is 4. The van der Waals surface area contributed by atoms with Crippen molar-refractivity contribution >= 4 is 12.0 Å². The highest BCUT2D eigenvalue weighted by molar-refractivity contribution is 5.75. The predicted molar refractivity (Wildman–Crippen MR) is 292 cm³/mol. The zero-order valence-corrected chi connectivity index (χ0v) is 46.9. The Morgan fingerprint density at radius 2 is 0.904 bits per heavy atom. The van der Waals surface area contributed by atoms with Gasteiger partial charge in [-0.15, -0.1) is 0 Å². The van der Waals surface area contributed by atoms with Crippen LogP contribution in [-0.2, 0) is 38.0 Å². The SMILES string of the molecule is CCCCCCCCCCCCCCCCCCOC[C@@H](COC(=O)NCCCCCC(=O)NCCOCCOCCO[C@H]1OC(CO)[C@@H](O)[C@H](O)C1O)OCCCCCCCCCCCCCCCCCC. The molecule has 6 N–H and O–H groups in total. The minimum atomic E-state index is -1.49. The van der Waals surface area contributed by atoms with E-state index in [2.05, 4.69) is 24.5 Å². The van der Waals surface area contributed by atoms with Gasteiger partial charge in [0.15, 0.2) is 6.29 Å². The lowest BCUT2D eigenvalue weighted by Gasteiger charge is -2.39. The topological polar surface area (TPSA) is 204 Å². The molecule has 0 aromatic carbocycles. The van der Waals surface area contributed by atoms with Crippen LogP contribution in [0.4, 0.5) is 4.79 Å². The molecule has 2 unspecified atom stereocenters. The summed E-state index contributed by atoms with van der Waals surface area (Å²) in [6.07, 6.45) is 38.0. The molecule has 73 heavy (non-hydrogen) atoms. The van der Waals surface area contributed by atoms with Crippen molar-refractivity contribution < 1.29 is 63.2 Å². The van der Waals surface area contributed by atoms with Gasteiger partial charge in [-0.1, -0.05) is 213 Å². The number of carbonyl (C=O) groups excluding carboxylic acids is 2. The summed E-state index contributed by atoms with van der Waals surface area (Å²) in [6, 6.07) is 0. The van der Waals surface area contributed by atoms with Crippen molar-refractivity contribution in [1.82, 2.24) is 10.6 Å². The molecule has 0 aromatic heterocycles. The van der Waals surface area contributed by atoms with Gasteiger partial charge in [0.05, 0.1) is 46.2 Å². The molecule has 0 aromatic rings. The lowest BCUT2D eigenvalue weighted by molar-refractivity contribution is -0.302. The van der Waals surface area contributed by atoms with E-state index in [0.717, 1.165) is 32.1 Å². The van der Waals surface area contributed by atoms with Gasteiger partial charge in [0.1, 0.15) is 37.1 Å². The first-order chi connectivity index (χ1) is 35.8. The van der Waals surface area contributed by atoms with Gasteiger partial charge in [-0.25, -0.2) is 4.79 Å². The first kappa shape index (κ1) is 69.4. The van der Waals surface area contributed by atoms with E-state index >= 15 is 0 Å². The van der Waals surface area contributed by atoms with Gasteiger partial charge in [0, 0.05) is 32.7 Å². The van der Waals surface area contributed by atoms with Crippen LogP contribution >= 0.6 is 0 Å². The summed E-state index contributed by atoms with van der Waals surface area (Å²) in [7, 11) is 0. The van der Waals surface area contributed by atoms with Crippen molar-refractivity contribution in [2.75, 3.05) is 79.2 Å². The number of nitrogens with one attached hydrogen (secondary N) is 2. The van der Waals surface area contributed by atoms with Crippen LogP contribution in [0.5, 0.6) is 0 Å². The van der Waals surface area contributed by atoms with Crippen molar-refractivity contribution in [3.8, 4) is 0 Å². The van der Waals surface area contributed by atoms with E-state index < -0.39 is 43.4 Å². The average molecular weight is 1050 g/mol. The number of aliphatic hydroxyl groups is 4. The lowest BCUT2D eigenvalue weighted by Crippen LogP contribution is -2.59. The van der Waals surface area contributed by atoms with Crippen molar-refractivity contribution in [2.24, 2.45) is 0 Å². The highest BCUT2D eigenvalue weighted by atomic mass is 16.7. The molecule has 1 saturated heterocycles. The van der Waals surface area contributed by atoms with Crippen LogP contribution in [0.15, 0.2) is 0 Å².